The lowest BCUT2D eigenvalue weighted by molar-refractivity contribution is 0.463. The summed E-state index contributed by atoms with van der Waals surface area (Å²) in [5.74, 6) is 1.06. The maximum absolute atomic E-state index is 10.8. The monoisotopic (exact) mass is 484 g/mol. The highest BCUT2D eigenvalue weighted by atomic mass is 16.3. The van der Waals surface area contributed by atoms with E-state index in [2.05, 4.69) is 63.7 Å². The van der Waals surface area contributed by atoms with E-state index in [-0.39, 0.29) is 11.8 Å². The average Bonchev–Trinajstić information content (AvgIpc) is 2.84. The van der Waals surface area contributed by atoms with Crippen LogP contribution in [0.1, 0.15) is 99.6 Å². The second kappa shape index (κ2) is 12.5. The van der Waals surface area contributed by atoms with Crippen LogP contribution in [-0.4, -0.2) is 22.6 Å². The van der Waals surface area contributed by atoms with Crippen LogP contribution >= 0.6 is 0 Å². The van der Waals surface area contributed by atoms with E-state index >= 15 is 0 Å². The molecule has 0 saturated carbocycles. The predicted octanol–water partition coefficient (Wildman–Crippen LogP) is 8.75. The normalized spacial score (nSPS) is 12.0. The zero-order chi connectivity index (χ0) is 26.2. The molecule has 0 heterocycles. The summed E-state index contributed by atoms with van der Waals surface area (Å²) in [5, 5.41) is 21.6. The standard InChI is InChI=1S/C32H40N2O2/c1-7-10-23-14-25(31(35)29(16-23)21(3)4)19-33-27-12-9-13-28(18-27)34-20-26-15-24(11-8-2)17-30(22(5)6)32(26)36/h9,12-22,35-36H,7-8,10-11H2,1-6H3. The van der Waals surface area contributed by atoms with Crippen LogP contribution in [0.25, 0.3) is 0 Å². The Balaban J connectivity index is 1.90. The molecule has 3 aromatic carbocycles. The van der Waals surface area contributed by atoms with Gasteiger partial charge in [0.15, 0.2) is 0 Å². The van der Waals surface area contributed by atoms with Crippen LogP contribution in [0.4, 0.5) is 11.4 Å². The Bertz CT molecular complexity index is 1150. The van der Waals surface area contributed by atoms with Crippen molar-refractivity contribution >= 4 is 23.8 Å². The largest absolute Gasteiger partial charge is 0.507 e. The number of aromatic hydroxyl groups is 2. The van der Waals surface area contributed by atoms with Gasteiger partial charge in [-0.2, -0.15) is 0 Å². The fourth-order valence-electron chi connectivity index (χ4n) is 4.37. The SMILES string of the molecule is CCCc1cc(C=Nc2cccc(N=Cc3cc(CCC)cc(C(C)C)c3O)c2)c(O)c(C(C)C)c1. The minimum absolute atomic E-state index is 0.232. The fraction of sp³-hybridized carbons (Fsp3) is 0.375. The molecule has 0 aliphatic rings. The Morgan fingerprint density at radius 1 is 0.667 bits per heavy atom. The van der Waals surface area contributed by atoms with Crippen LogP contribution in [-0.2, 0) is 12.8 Å². The number of aliphatic imine (C=N–C) groups is 2. The molecule has 0 aliphatic heterocycles. The van der Waals surface area contributed by atoms with Gasteiger partial charge in [-0.3, -0.25) is 9.98 Å². The summed E-state index contributed by atoms with van der Waals surface area (Å²) in [7, 11) is 0. The molecule has 36 heavy (non-hydrogen) atoms. The molecule has 0 radical (unpaired) electrons. The Morgan fingerprint density at radius 3 is 1.44 bits per heavy atom. The molecule has 0 unspecified atom stereocenters. The van der Waals surface area contributed by atoms with E-state index in [4.69, 9.17) is 0 Å². The number of aryl methyl sites for hydroxylation is 2. The number of benzene rings is 3. The van der Waals surface area contributed by atoms with Crippen LogP contribution in [0.5, 0.6) is 11.5 Å². The highest BCUT2D eigenvalue weighted by Crippen LogP contribution is 2.32. The number of rotatable bonds is 10. The van der Waals surface area contributed by atoms with Crippen LogP contribution in [0.3, 0.4) is 0 Å². The third kappa shape index (κ3) is 6.84. The quantitative estimate of drug-likeness (QED) is 0.282. The molecule has 0 spiro atoms. The third-order valence-electron chi connectivity index (χ3n) is 6.31. The van der Waals surface area contributed by atoms with Gasteiger partial charge in [-0.05, 0) is 77.3 Å². The molecule has 3 aromatic rings. The number of phenols is 2. The predicted molar refractivity (Wildman–Crippen MR) is 153 cm³/mol. The molecule has 190 valence electrons. The third-order valence-corrected chi connectivity index (χ3v) is 6.31. The lowest BCUT2D eigenvalue weighted by atomic mass is 9.95. The first-order valence-electron chi connectivity index (χ1n) is 13.1. The van der Waals surface area contributed by atoms with Gasteiger partial charge in [0, 0.05) is 23.6 Å². The highest BCUT2D eigenvalue weighted by Gasteiger charge is 2.13. The van der Waals surface area contributed by atoms with Crippen molar-refractivity contribution in [2.45, 2.75) is 79.1 Å². The van der Waals surface area contributed by atoms with Gasteiger partial charge < -0.3 is 10.2 Å². The molecular formula is C32H40N2O2. The van der Waals surface area contributed by atoms with E-state index < -0.39 is 0 Å². The molecule has 0 bridgehead atoms. The first-order valence-corrected chi connectivity index (χ1v) is 13.1. The van der Waals surface area contributed by atoms with Crippen LogP contribution in [0, 0.1) is 0 Å². The molecule has 0 atom stereocenters. The molecule has 0 saturated heterocycles. The fourth-order valence-corrected chi connectivity index (χ4v) is 4.37. The maximum Gasteiger partial charge on any atom is 0.127 e. The van der Waals surface area contributed by atoms with E-state index in [1.807, 2.05) is 36.4 Å². The zero-order valence-electron chi connectivity index (χ0n) is 22.5. The summed E-state index contributed by atoms with van der Waals surface area (Å²) in [5.41, 5.74) is 7.30. The minimum Gasteiger partial charge on any atom is -0.507 e. The van der Waals surface area contributed by atoms with Gasteiger partial charge in [0.1, 0.15) is 11.5 Å². The van der Waals surface area contributed by atoms with Crippen LogP contribution < -0.4 is 0 Å². The van der Waals surface area contributed by atoms with Crippen LogP contribution in [0.15, 0.2) is 58.5 Å². The Hall–Kier alpha value is -3.40. The number of phenolic OH excluding ortho intramolecular Hbond substituents is 2. The second-order valence-electron chi connectivity index (χ2n) is 10.1. The first-order chi connectivity index (χ1) is 17.2. The molecular weight excluding hydrogens is 444 g/mol. The molecule has 0 amide bonds. The van der Waals surface area contributed by atoms with Gasteiger partial charge >= 0.3 is 0 Å². The molecule has 4 nitrogen and oxygen atoms in total. The van der Waals surface area contributed by atoms with Gasteiger partial charge in [-0.25, -0.2) is 0 Å². The summed E-state index contributed by atoms with van der Waals surface area (Å²) < 4.78 is 0. The molecule has 3 rings (SSSR count). The van der Waals surface area contributed by atoms with Crippen molar-refractivity contribution in [3.05, 3.63) is 81.9 Å². The van der Waals surface area contributed by atoms with Crippen molar-refractivity contribution in [2.75, 3.05) is 0 Å². The van der Waals surface area contributed by atoms with Crippen molar-refractivity contribution in [1.82, 2.24) is 0 Å². The molecule has 0 aliphatic carbocycles. The van der Waals surface area contributed by atoms with E-state index in [0.717, 1.165) is 59.3 Å². The molecule has 0 aromatic heterocycles. The van der Waals surface area contributed by atoms with Gasteiger partial charge in [0.25, 0.3) is 0 Å². The molecule has 4 heteroatoms. The molecule has 0 fully saturated rings. The second-order valence-corrected chi connectivity index (χ2v) is 10.1. The smallest absolute Gasteiger partial charge is 0.127 e. The lowest BCUT2D eigenvalue weighted by Crippen LogP contribution is -1.97. The first kappa shape index (κ1) is 27.2. The molecule has 2 N–H and O–H groups in total. The van der Waals surface area contributed by atoms with Crippen molar-refractivity contribution in [3.8, 4) is 11.5 Å². The summed E-state index contributed by atoms with van der Waals surface area (Å²) in [6.07, 6.45) is 7.51. The Morgan fingerprint density at radius 2 is 1.08 bits per heavy atom. The van der Waals surface area contributed by atoms with E-state index in [0.29, 0.717) is 11.5 Å². The van der Waals surface area contributed by atoms with Gasteiger partial charge in [0.2, 0.25) is 0 Å². The summed E-state index contributed by atoms with van der Waals surface area (Å²) >= 11 is 0. The Kier molecular flexibility index (Phi) is 9.46. The number of nitrogens with zero attached hydrogens (tertiary/aromatic N) is 2. The zero-order valence-corrected chi connectivity index (χ0v) is 22.5. The van der Waals surface area contributed by atoms with E-state index in [1.54, 1.807) is 12.4 Å². The van der Waals surface area contributed by atoms with Crippen LogP contribution in [0.2, 0.25) is 0 Å². The lowest BCUT2D eigenvalue weighted by Gasteiger charge is -2.13. The van der Waals surface area contributed by atoms with Crippen molar-refractivity contribution < 1.29 is 10.2 Å². The van der Waals surface area contributed by atoms with Crippen molar-refractivity contribution in [2.24, 2.45) is 9.98 Å². The number of hydrogen-bond donors (Lipinski definition) is 2. The minimum atomic E-state index is 0.232. The van der Waals surface area contributed by atoms with Crippen molar-refractivity contribution in [1.29, 1.82) is 0 Å². The topological polar surface area (TPSA) is 65.2 Å². The van der Waals surface area contributed by atoms with Crippen molar-refractivity contribution in [3.63, 3.8) is 0 Å². The average molecular weight is 485 g/mol. The highest BCUT2D eigenvalue weighted by molar-refractivity contribution is 5.88. The summed E-state index contributed by atoms with van der Waals surface area (Å²) in [6.45, 7) is 12.7. The van der Waals surface area contributed by atoms with Gasteiger partial charge in [0.05, 0.1) is 11.4 Å². The van der Waals surface area contributed by atoms with E-state index in [9.17, 15) is 10.2 Å². The summed E-state index contributed by atoms with van der Waals surface area (Å²) in [4.78, 5) is 9.28. The Labute approximate surface area is 216 Å². The van der Waals surface area contributed by atoms with Gasteiger partial charge in [-0.1, -0.05) is 72.6 Å². The summed E-state index contributed by atoms with van der Waals surface area (Å²) in [6, 6.07) is 15.9. The van der Waals surface area contributed by atoms with E-state index in [1.165, 1.54) is 11.1 Å². The number of hydrogen-bond acceptors (Lipinski definition) is 4. The maximum atomic E-state index is 10.8. The van der Waals surface area contributed by atoms with Gasteiger partial charge in [-0.15, -0.1) is 0 Å².